The second-order valence-electron chi connectivity index (χ2n) is 9.30. The third-order valence-electron chi connectivity index (χ3n) is 4.80. The largest absolute Gasteiger partial charge is 0.463 e. The van der Waals surface area contributed by atoms with Crippen molar-refractivity contribution >= 4 is 32.3 Å². The molecule has 13 heteroatoms. The van der Waals surface area contributed by atoms with Crippen LogP contribution in [0.3, 0.4) is 0 Å². The number of carbonyl (C=O) groups excluding carboxylic acids is 2. The van der Waals surface area contributed by atoms with Crippen LogP contribution in [-0.4, -0.2) is 76.8 Å². The molecule has 1 aliphatic rings. The van der Waals surface area contributed by atoms with E-state index in [0.29, 0.717) is 5.56 Å². The fourth-order valence-corrected chi connectivity index (χ4v) is 4.86. The van der Waals surface area contributed by atoms with Crippen molar-refractivity contribution in [3.8, 4) is 0 Å². The van der Waals surface area contributed by atoms with E-state index in [1.807, 2.05) is 0 Å². The van der Waals surface area contributed by atoms with E-state index in [1.54, 1.807) is 58.0 Å². The fraction of sp³-hybridized carbons (Fsp3) is 0.565. The van der Waals surface area contributed by atoms with Crippen LogP contribution in [0.1, 0.15) is 39.7 Å². The van der Waals surface area contributed by atoms with Gasteiger partial charge < -0.3 is 9.47 Å². The molecular weight excluding hydrogens is 514 g/mol. The zero-order valence-electron chi connectivity index (χ0n) is 21.2. The molecule has 3 atom stereocenters. The summed E-state index contributed by atoms with van der Waals surface area (Å²) >= 11 is 0. The van der Waals surface area contributed by atoms with Gasteiger partial charge in [0.2, 0.25) is 0 Å². The van der Waals surface area contributed by atoms with Crippen LogP contribution >= 0.6 is 0 Å². The van der Waals surface area contributed by atoms with Gasteiger partial charge in [0.25, 0.3) is 20.2 Å². The molecular formula is C23H33NO10S2. The van der Waals surface area contributed by atoms with Gasteiger partial charge in [-0.2, -0.15) is 16.8 Å². The maximum atomic E-state index is 13.4. The molecule has 0 saturated carbocycles. The minimum absolute atomic E-state index is 0.00507. The molecule has 1 aromatic carbocycles. The second-order valence-corrected chi connectivity index (χ2v) is 12.5. The Morgan fingerprint density at radius 2 is 1.58 bits per heavy atom. The van der Waals surface area contributed by atoms with Crippen molar-refractivity contribution in [3.63, 3.8) is 0 Å². The van der Waals surface area contributed by atoms with E-state index in [1.165, 1.54) is 11.0 Å². The summed E-state index contributed by atoms with van der Waals surface area (Å²) < 4.78 is 69.5. The Morgan fingerprint density at radius 3 is 2.08 bits per heavy atom. The molecule has 202 valence electrons. The zero-order valence-corrected chi connectivity index (χ0v) is 22.8. The van der Waals surface area contributed by atoms with Crippen LogP contribution in [0.4, 0.5) is 4.79 Å². The molecule has 0 bridgehead atoms. The van der Waals surface area contributed by atoms with Crippen molar-refractivity contribution in [1.82, 2.24) is 4.90 Å². The van der Waals surface area contributed by atoms with Crippen molar-refractivity contribution in [2.24, 2.45) is 0 Å². The number of hydrogen-bond acceptors (Lipinski definition) is 10. The lowest BCUT2D eigenvalue weighted by Crippen LogP contribution is -2.55. The molecule has 11 nitrogen and oxygen atoms in total. The second kappa shape index (κ2) is 11.7. The van der Waals surface area contributed by atoms with Crippen LogP contribution in [0, 0.1) is 0 Å². The first kappa shape index (κ1) is 29.7. The van der Waals surface area contributed by atoms with Gasteiger partial charge in [0.05, 0.1) is 25.2 Å². The number of hydrogen-bond donors (Lipinski definition) is 0. The highest BCUT2D eigenvalue weighted by atomic mass is 32.2. The molecule has 2 rings (SSSR count). The SMILES string of the molecule is CCOC(=O)C1=C[C@H](N(Cc2ccccc2)C(=O)OC(C)(C)C)[C@H](OS(C)(=O)=O)[C@@H](OS(C)(=O)=O)C1. The number of amides is 1. The van der Waals surface area contributed by atoms with Crippen LogP contribution in [0.25, 0.3) is 0 Å². The minimum atomic E-state index is -4.16. The number of esters is 1. The fourth-order valence-electron chi connectivity index (χ4n) is 3.59. The lowest BCUT2D eigenvalue weighted by atomic mass is 9.89. The minimum Gasteiger partial charge on any atom is -0.463 e. The number of rotatable bonds is 9. The molecule has 0 aliphatic heterocycles. The number of nitrogens with zero attached hydrogens (tertiary/aromatic N) is 1. The van der Waals surface area contributed by atoms with Gasteiger partial charge in [-0.05, 0) is 39.3 Å². The first-order valence-corrected chi connectivity index (χ1v) is 14.8. The highest BCUT2D eigenvalue weighted by Gasteiger charge is 2.45. The molecule has 0 fully saturated rings. The Bertz CT molecular complexity index is 1170. The van der Waals surface area contributed by atoms with E-state index >= 15 is 0 Å². The molecule has 0 heterocycles. The maximum Gasteiger partial charge on any atom is 0.411 e. The maximum absolute atomic E-state index is 13.4. The normalized spacial score (nSPS) is 20.8. The van der Waals surface area contributed by atoms with Crippen molar-refractivity contribution < 1.29 is 44.3 Å². The summed E-state index contributed by atoms with van der Waals surface area (Å²) in [5.74, 6) is -0.758. The first-order chi connectivity index (χ1) is 16.5. The van der Waals surface area contributed by atoms with Crippen molar-refractivity contribution in [3.05, 3.63) is 47.5 Å². The number of carbonyl (C=O) groups is 2. The monoisotopic (exact) mass is 547 g/mol. The number of benzene rings is 1. The van der Waals surface area contributed by atoms with Gasteiger partial charge in [0.1, 0.15) is 17.8 Å². The molecule has 0 N–H and O–H groups in total. The van der Waals surface area contributed by atoms with Gasteiger partial charge in [0.15, 0.2) is 0 Å². The average Bonchev–Trinajstić information content (AvgIpc) is 2.71. The Morgan fingerprint density at radius 1 is 1.00 bits per heavy atom. The van der Waals surface area contributed by atoms with E-state index in [0.717, 1.165) is 12.5 Å². The molecule has 1 amide bonds. The Kier molecular flexibility index (Phi) is 9.68. The van der Waals surface area contributed by atoms with E-state index in [2.05, 4.69) is 0 Å². The van der Waals surface area contributed by atoms with E-state index < -0.39 is 56.1 Å². The summed E-state index contributed by atoms with van der Waals surface area (Å²) in [6.07, 6.45) is -1.20. The molecule has 0 unspecified atom stereocenters. The predicted molar refractivity (Wildman–Crippen MR) is 131 cm³/mol. The van der Waals surface area contributed by atoms with Crippen molar-refractivity contribution in [2.45, 2.75) is 64.5 Å². The molecule has 0 spiro atoms. The third-order valence-corrected chi connectivity index (χ3v) is 5.97. The average molecular weight is 548 g/mol. The van der Waals surface area contributed by atoms with Crippen LogP contribution in [0.5, 0.6) is 0 Å². The van der Waals surface area contributed by atoms with Crippen LogP contribution in [-0.2, 0) is 49.4 Å². The molecule has 36 heavy (non-hydrogen) atoms. The Hall–Kier alpha value is -2.48. The summed E-state index contributed by atoms with van der Waals surface area (Å²) in [6.45, 7) is 6.55. The Balaban J connectivity index is 2.70. The van der Waals surface area contributed by atoms with Gasteiger partial charge in [-0.15, -0.1) is 0 Å². The summed E-state index contributed by atoms with van der Waals surface area (Å²) in [7, 11) is -8.28. The predicted octanol–water partition coefficient (Wildman–Crippen LogP) is 2.38. The van der Waals surface area contributed by atoms with Crippen LogP contribution in [0.2, 0.25) is 0 Å². The van der Waals surface area contributed by atoms with Crippen LogP contribution < -0.4 is 0 Å². The molecule has 0 radical (unpaired) electrons. The van der Waals surface area contributed by atoms with Crippen LogP contribution in [0.15, 0.2) is 42.0 Å². The topological polar surface area (TPSA) is 143 Å². The van der Waals surface area contributed by atoms with E-state index in [4.69, 9.17) is 17.8 Å². The summed E-state index contributed by atoms with van der Waals surface area (Å²) in [5.41, 5.74) is -0.242. The quantitative estimate of drug-likeness (QED) is 0.334. The first-order valence-electron chi connectivity index (χ1n) is 11.2. The van der Waals surface area contributed by atoms with Crippen molar-refractivity contribution in [2.75, 3.05) is 19.1 Å². The van der Waals surface area contributed by atoms with E-state index in [9.17, 15) is 26.4 Å². The highest BCUT2D eigenvalue weighted by molar-refractivity contribution is 7.86. The smallest absolute Gasteiger partial charge is 0.411 e. The zero-order chi connectivity index (χ0) is 27.3. The summed E-state index contributed by atoms with van der Waals surface area (Å²) in [4.78, 5) is 27.2. The summed E-state index contributed by atoms with van der Waals surface area (Å²) in [6, 6.07) is 7.51. The lowest BCUT2D eigenvalue weighted by molar-refractivity contribution is -0.139. The number of ether oxygens (including phenoxy) is 2. The molecule has 0 saturated heterocycles. The van der Waals surface area contributed by atoms with Gasteiger partial charge in [-0.25, -0.2) is 9.59 Å². The molecule has 1 aromatic rings. The highest BCUT2D eigenvalue weighted by Crippen LogP contribution is 2.32. The molecule has 0 aromatic heterocycles. The van der Waals surface area contributed by atoms with Gasteiger partial charge >= 0.3 is 12.1 Å². The summed E-state index contributed by atoms with van der Waals surface area (Å²) in [5, 5.41) is 0. The molecule has 1 aliphatic carbocycles. The Labute approximate surface area is 212 Å². The van der Waals surface area contributed by atoms with Gasteiger partial charge in [-0.1, -0.05) is 30.3 Å². The van der Waals surface area contributed by atoms with Crippen molar-refractivity contribution in [1.29, 1.82) is 0 Å². The lowest BCUT2D eigenvalue weighted by Gasteiger charge is -2.41. The van der Waals surface area contributed by atoms with Gasteiger partial charge in [-0.3, -0.25) is 13.3 Å². The standard InChI is InChI=1S/C23H33NO10S2/c1-7-31-21(25)17-13-18(20(34-36(6,29)30)19(14-17)33-35(5,27)28)24(22(26)32-23(2,3)4)15-16-11-9-8-10-12-16/h8-13,18-20H,7,14-15H2,1-6H3/t18-,19-,20-/m0/s1. The van der Waals surface area contributed by atoms with E-state index in [-0.39, 0.29) is 25.1 Å². The van der Waals surface area contributed by atoms with Gasteiger partial charge in [0, 0.05) is 18.5 Å². The third kappa shape index (κ3) is 9.52.